The van der Waals surface area contributed by atoms with Gasteiger partial charge in [0.25, 0.3) is 0 Å². The number of ketones is 1. The van der Waals surface area contributed by atoms with Crippen molar-refractivity contribution in [2.45, 2.75) is 6.42 Å². The van der Waals surface area contributed by atoms with E-state index in [1.807, 2.05) is 0 Å². The number of carbonyl (C=O) groups is 1. The lowest BCUT2D eigenvalue weighted by atomic mass is 10.0. The lowest BCUT2D eigenvalue weighted by Crippen LogP contribution is -2.06. The van der Waals surface area contributed by atoms with Crippen LogP contribution < -0.4 is 0 Å². The molecule has 98 valence electrons. The molecule has 0 radical (unpaired) electrons. The molecule has 0 amide bonds. The van der Waals surface area contributed by atoms with Crippen LogP contribution in [0, 0.1) is 11.6 Å². The minimum Gasteiger partial charge on any atom is -0.294 e. The largest absolute Gasteiger partial charge is 0.294 e. The van der Waals surface area contributed by atoms with Crippen molar-refractivity contribution < 1.29 is 13.6 Å². The van der Waals surface area contributed by atoms with Crippen LogP contribution in [-0.2, 0) is 6.42 Å². The van der Waals surface area contributed by atoms with Crippen LogP contribution in [0.1, 0.15) is 15.9 Å². The molecule has 2 aromatic carbocycles. The molecule has 0 bridgehead atoms. The summed E-state index contributed by atoms with van der Waals surface area (Å²) >= 11 is 11.5. The molecule has 5 heteroatoms. The summed E-state index contributed by atoms with van der Waals surface area (Å²) in [7, 11) is 0. The van der Waals surface area contributed by atoms with E-state index in [-0.39, 0.29) is 22.0 Å². The maximum absolute atomic E-state index is 13.6. The molecule has 0 aliphatic rings. The first-order valence-electron chi connectivity index (χ1n) is 5.39. The van der Waals surface area contributed by atoms with Gasteiger partial charge in [0.15, 0.2) is 5.78 Å². The summed E-state index contributed by atoms with van der Waals surface area (Å²) in [4.78, 5) is 11.9. The van der Waals surface area contributed by atoms with E-state index in [1.165, 1.54) is 24.3 Å². The first-order chi connectivity index (χ1) is 8.97. The molecule has 2 rings (SSSR count). The van der Waals surface area contributed by atoms with Crippen molar-refractivity contribution >= 4 is 29.0 Å². The van der Waals surface area contributed by atoms with Crippen LogP contribution in [0.15, 0.2) is 36.4 Å². The Morgan fingerprint density at radius 3 is 2.47 bits per heavy atom. The zero-order valence-electron chi connectivity index (χ0n) is 9.59. The molecule has 2 aromatic rings. The first-order valence-corrected chi connectivity index (χ1v) is 6.15. The number of benzene rings is 2. The summed E-state index contributed by atoms with van der Waals surface area (Å²) < 4.78 is 26.6. The Labute approximate surface area is 118 Å². The maximum Gasteiger partial charge on any atom is 0.170 e. The van der Waals surface area contributed by atoms with Gasteiger partial charge in [-0.2, -0.15) is 0 Å². The van der Waals surface area contributed by atoms with Gasteiger partial charge >= 0.3 is 0 Å². The highest BCUT2D eigenvalue weighted by Gasteiger charge is 2.14. The van der Waals surface area contributed by atoms with Crippen molar-refractivity contribution in [3.05, 3.63) is 69.2 Å². The van der Waals surface area contributed by atoms with Gasteiger partial charge in [-0.05, 0) is 42.0 Å². The quantitative estimate of drug-likeness (QED) is 0.751. The zero-order chi connectivity index (χ0) is 14.0. The molecule has 1 nitrogen and oxygen atoms in total. The molecular formula is C14H8Cl2F2O. The highest BCUT2D eigenvalue weighted by Crippen LogP contribution is 2.21. The number of rotatable bonds is 3. The van der Waals surface area contributed by atoms with Gasteiger partial charge in [-0.25, -0.2) is 8.78 Å². The van der Waals surface area contributed by atoms with Crippen molar-refractivity contribution in [3.8, 4) is 0 Å². The SMILES string of the molecule is O=C(Cc1cc(F)ccc1Cl)c1ccc(Cl)cc1F. The van der Waals surface area contributed by atoms with Gasteiger partial charge in [0.1, 0.15) is 11.6 Å². The molecule has 0 aliphatic heterocycles. The summed E-state index contributed by atoms with van der Waals surface area (Å²) in [5, 5.41) is 0.474. The Morgan fingerprint density at radius 1 is 1.05 bits per heavy atom. The summed E-state index contributed by atoms with van der Waals surface area (Å²) in [6, 6.07) is 7.49. The highest BCUT2D eigenvalue weighted by molar-refractivity contribution is 6.31. The van der Waals surface area contributed by atoms with Crippen LogP contribution in [0.25, 0.3) is 0 Å². The second kappa shape index (κ2) is 5.68. The monoisotopic (exact) mass is 300 g/mol. The Balaban J connectivity index is 2.28. The highest BCUT2D eigenvalue weighted by atomic mass is 35.5. The summed E-state index contributed by atoms with van der Waals surface area (Å²) in [6.07, 6.45) is -0.171. The minimum absolute atomic E-state index is 0.0928. The lowest BCUT2D eigenvalue weighted by molar-refractivity contribution is 0.0989. The van der Waals surface area contributed by atoms with Crippen LogP contribution in [0.4, 0.5) is 8.78 Å². The molecule has 0 atom stereocenters. The molecular weight excluding hydrogens is 293 g/mol. The van der Waals surface area contributed by atoms with Gasteiger partial charge in [-0.15, -0.1) is 0 Å². The Hall–Kier alpha value is -1.45. The minimum atomic E-state index is -0.704. The van der Waals surface area contributed by atoms with Crippen molar-refractivity contribution in [2.75, 3.05) is 0 Å². The van der Waals surface area contributed by atoms with Crippen LogP contribution in [0.3, 0.4) is 0 Å². The van der Waals surface area contributed by atoms with Gasteiger partial charge in [-0.1, -0.05) is 23.2 Å². The summed E-state index contributed by atoms with van der Waals surface area (Å²) in [5.74, 6) is -1.68. The Bertz CT molecular complexity index is 641. The topological polar surface area (TPSA) is 17.1 Å². The van der Waals surface area contributed by atoms with E-state index in [4.69, 9.17) is 23.2 Å². The van der Waals surface area contributed by atoms with E-state index in [1.54, 1.807) is 0 Å². The fourth-order valence-corrected chi connectivity index (χ4v) is 2.01. The van der Waals surface area contributed by atoms with Crippen LogP contribution in [0.5, 0.6) is 0 Å². The molecule has 19 heavy (non-hydrogen) atoms. The number of Topliss-reactive ketones (excluding diaryl/α,β-unsaturated/α-hetero) is 1. The van der Waals surface area contributed by atoms with Crippen LogP contribution >= 0.6 is 23.2 Å². The second-order valence-electron chi connectivity index (χ2n) is 3.96. The van der Waals surface area contributed by atoms with Gasteiger partial charge in [-0.3, -0.25) is 4.79 Å². The summed E-state index contributed by atoms with van der Waals surface area (Å²) in [5.41, 5.74) is 0.228. The van der Waals surface area contributed by atoms with E-state index in [2.05, 4.69) is 0 Å². The normalized spacial score (nSPS) is 10.5. The van der Waals surface area contributed by atoms with Gasteiger partial charge < -0.3 is 0 Å². The van der Waals surface area contributed by atoms with Crippen LogP contribution in [0.2, 0.25) is 10.0 Å². The fraction of sp³-hybridized carbons (Fsp3) is 0.0714. The van der Waals surface area contributed by atoms with Crippen molar-refractivity contribution in [2.24, 2.45) is 0 Å². The average Bonchev–Trinajstić information content (AvgIpc) is 2.33. The molecule has 0 spiro atoms. The van der Waals surface area contributed by atoms with E-state index >= 15 is 0 Å². The fourth-order valence-electron chi connectivity index (χ4n) is 1.66. The lowest BCUT2D eigenvalue weighted by Gasteiger charge is -2.05. The van der Waals surface area contributed by atoms with Crippen molar-refractivity contribution in [1.82, 2.24) is 0 Å². The molecule has 0 saturated carbocycles. The van der Waals surface area contributed by atoms with Gasteiger partial charge in [0, 0.05) is 16.5 Å². The Morgan fingerprint density at radius 2 is 1.79 bits per heavy atom. The molecule has 0 saturated heterocycles. The Kier molecular flexibility index (Phi) is 4.17. The third-order valence-electron chi connectivity index (χ3n) is 2.59. The van der Waals surface area contributed by atoms with E-state index < -0.39 is 17.4 Å². The first kappa shape index (κ1) is 14.0. The average molecular weight is 301 g/mol. The molecule has 0 heterocycles. The smallest absolute Gasteiger partial charge is 0.170 e. The maximum atomic E-state index is 13.6. The number of hydrogen-bond acceptors (Lipinski definition) is 1. The van der Waals surface area contributed by atoms with E-state index in [9.17, 15) is 13.6 Å². The predicted molar refractivity (Wildman–Crippen MR) is 70.9 cm³/mol. The molecule has 0 aliphatic carbocycles. The second-order valence-corrected chi connectivity index (χ2v) is 4.80. The van der Waals surface area contributed by atoms with E-state index in [0.717, 1.165) is 12.1 Å². The van der Waals surface area contributed by atoms with Crippen LogP contribution in [-0.4, -0.2) is 5.78 Å². The standard InChI is InChI=1S/C14H8Cl2F2O/c15-9-1-3-11(13(18)7-9)14(19)6-8-5-10(17)2-4-12(8)16/h1-5,7H,6H2. The van der Waals surface area contributed by atoms with Crippen molar-refractivity contribution in [3.63, 3.8) is 0 Å². The third kappa shape index (κ3) is 3.31. The summed E-state index contributed by atoms with van der Waals surface area (Å²) in [6.45, 7) is 0. The number of carbonyl (C=O) groups excluding carboxylic acids is 1. The molecule has 0 aromatic heterocycles. The molecule has 0 N–H and O–H groups in total. The molecule has 0 unspecified atom stereocenters. The van der Waals surface area contributed by atoms with E-state index in [0.29, 0.717) is 5.56 Å². The predicted octanol–water partition coefficient (Wildman–Crippen LogP) is 4.70. The van der Waals surface area contributed by atoms with Gasteiger partial charge in [0.2, 0.25) is 0 Å². The molecule has 0 fully saturated rings. The number of hydrogen-bond donors (Lipinski definition) is 0. The van der Waals surface area contributed by atoms with Crippen molar-refractivity contribution in [1.29, 1.82) is 0 Å². The zero-order valence-corrected chi connectivity index (χ0v) is 11.1. The number of halogens is 4. The third-order valence-corrected chi connectivity index (χ3v) is 3.19. The van der Waals surface area contributed by atoms with Gasteiger partial charge in [0.05, 0.1) is 5.56 Å².